The van der Waals surface area contributed by atoms with E-state index < -0.39 is 0 Å². The molecule has 5 nitrogen and oxygen atoms in total. The zero-order valence-corrected chi connectivity index (χ0v) is 14.4. The van der Waals surface area contributed by atoms with E-state index in [0.717, 1.165) is 30.7 Å². The lowest BCUT2D eigenvalue weighted by molar-refractivity contribution is 0.0942. The van der Waals surface area contributed by atoms with E-state index >= 15 is 0 Å². The molecule has 5 rings (SSSR count). The predicted octanol–water partition coefficient (Wildman–Crippen LogP) is 2.49. The summed E-state index contributed by atoms with van der Waals surface area (Å²) in [5, 5.41) is 3.21. The molecular weight excluding hydrogens is 324 g/mol. The Kier molecular flexibility index (Phi) is 3.68. The van der Waals surface area contributed by atoms with Crippen LogP contribution in [0.15, 0.2) is 60.9 Å². The topological polar surface area (TPSA) is 58.1 Å². The SMILES string of the molecule is O=C(NC1C2CN(Cc3ccccc3)CC21)c1ccc2nccnc2c1. The Hall–Kier alpha value is -2.79. The Morgan fingerprint density at radius 1 is 1.00 bits per heavy atom. The molecule has 2 unspecified atom stereocenters. The second-order valence-corrected chi connectivity index (χ2v) is 7.27. The Morgan fingerprint density at radius 3 is 2.50 bits per heavy atom. The van der Waals surface area contributed by atoms with Crippen molar-refractivity contribution in [2.45, 2.75) is 12.6 Å². The average molecular weight is 344 g/mol. The summed E-state index contributed by atoms with van der Waals surface area (Å²) in [5.74, 6) is 1.16. The van der Waals surface area contributed by atoms with Crippen molar-refractivity contribution >= 4 is 16.9 Å². The Balaban J connectivity index is 1.19. The molecule has 0 radical (unpaired) electrons. The Morgan fingerprint density at radius 2 is 1.73 bits per heavy atom. The number of carbonyl (C=O) groups is 1. The molecule has 2 fully saturated rings. The lowest BCUT2D eigenvalue weighted by Crippen LogP contribution is -2.34. The van der Waals surface area contributed by atoms with Gasteiger partial charge >= 0.3 is 0 Å². The van der Waals surface area contributed by atoms with Crippen LogP contribution in [0.2, 0.25) is 0 Å². The molecular formula is C21H20N4O. The molecule has 1 aromatic heterocycles. The van der Waals surface area contributed by atoms with Gasteiger partial charge in [0.2, 0.25) is 0 Å². The van der Waals surface area contributed by atoms with Crippen molar-refractivity contribution in [1.29, 1.82) is 0 Å². The van der Waals surface area contributed by atoms with Gasteiger partial charge in [-0.25, -0.2) is 0 Å². The summed E-state index contributed by atoms with van der Waals surface area (Å²) in [5.41, 5.74) is 3.57. The first-order valence-electron chi connectivity index (χ1n) is 9.06. The van der Waals surface area contributed by atoms with E-state index in [1.165, 1.54) is 5.56 Å². The molecule has 3 aromatic rings. The summed E-state index contributed by atoms with van der Waals surface area (Å²) in [6.45, 7) is 3.12. The second kappa shape index (κ2) is 6.18. The van der Waals surface area contributed by atoms with Crippen LogP contribution in [0.1, 0.15) is 15.9 Å². The number of hydrogen-bond donors (Lipinski definition) is 1. The van der Waals surface area contributed by atoms with Crippen molar-refractivity contribution in [3.05, 3.63) is 72.1 Å². The Bertz CT molecular complexity index is 946. The lowest BCUT2D eigenvalue weighted by Gasteiger charge is -2.20. The smallest absolute Gasteiger partial charge is 0.251 e. The quantitative estimate of drug-likeness (QED) is 0.790. The molecule has 1 amide bonds. The molecule has 2 aliphatic rings. The van der Waals surface area contributed by atoms with E-state index in [9.17, 15) is 4.79 Å². The van der Waals surface area contributed by atoms with Crippen molar-refractivity contribution in [3.63, 3.8) is 0 Å². The van der Waals surface area contributed by atoms with Crippen LogP contribution in [0.5, 0.6) is 0 Å². The third kappa shape index (κ3) is 2.84. The third-order valence-electron chi connectivity index (χ3n) is 5.55. The highest BCUT2D eigenvalue weighted by atomic mass is 16.1. The zero-order valence-electron chi connectivity index (χ0n) is 14.4. The predicted molar refractivity (Wildman–Crippen MR) is 99.5 cm³/mol. The highest BCUT2D eigenvalue weighted by Crippen LogP contribution is 2.46. The average Bonchev–Trinajstić information content (AvgIpc) is 3.12. The molecule has 1 saturated heterocycles. The van der Waals surface area contributed by atoms with E-state index in [1.54, 1.807) is 12.4 Å². The molecule has 2 atom stereocenters. The van der Waals surface area contributed by atoms with Gasteiger partial charge in [0, 0.05) is 43.6 Å². The maximum atomic E-state index is 12.6. The first-order valence-corrected chi connectivity index (χ1v) is 9.06. The van der Waals surface area contributed by atoms with E-state index in [1.807, 2.05) is 18.2 Å². The molecule has 1 N–H and O–H groups in total. The number of piperidine rings is 1. The minimum absolute atomic E-state index is 0.00781. The Labute approximate surface area is 152 Å². The summed E-state index contributed by atoms with van der Waals surface area (Å²) in [4.78, 5) is 23.6. The number of rotatable bonds is 4. The first kappa shape index (κ1) is 15.5. The normalized spacial score (nSPS) is 24.4. The molecule has 26 heavy (non-hydrogen) atoms. The van der Waals surface area contributed by atoms with Crippen LogP contribution in [0.4, 0.5) is 0 Å². The van der Waals surface area contributed by atoms with Gasteiger partial charge in [0.05, 0.1) is 11.0 Å². The van der Waals surface area contributed by atoms with Crippen LogP contribution < -0.4 is 5.32 Å². The van der Waals surface area contributed by atoms with Crippen molar-refractivity contribution in [2.24, 2.45) is 11.8 Å². The van der Waals surface area contributed by atoms with Crippen LogP contribution >= 0.6 is 0 Å². The third-order valence-corrected chi connectivity index (χ3v) is 5.55. The minimum atomic E-state index is -0.00781. The monoisotopic (exact) mass is 344 g/mol. The van der Waals surface area contributed by atoms with Gasteiger partial charge < -0.3 is 5.32 Å². The van der Waals surface area contributed by atoms with Gasteiger partial charge in [-0.2, -0.15) is 0 Å². The molecule has 1 aliphatic carbocycles. The number of nitrogens with zero attached hydrogens (tertiary/aromatic N) is 3. The fourth-order valence-electron chi connectivity index (χ4n) is 4.14. The molecule has 2 heterocycles. The molecule has 130 valence electrons. The number of likely N-dealkylation sites (tertiary alicyclic amines) is 1. The number of nitrogens with one attached hydrogen (secondary N) is 1. The lowest BCUT2D eigenvalue weighted by atomic mass is 10.1. The van der Waals surface area contributed by atoms with E-state index in [-0.39, 0.29) is 5.91 Å². The van der Waals surface area contributed by atoms with Gasteiger partial charge in [0.1, 0.15) is 0 Å². The van der Waals surface area contributed by atoms with E-state index in [2.05, 4.69) is 50.5 Å². The van der Waals surface area contributed by atoms with Crippen LogP contribution in [0.3, 0.4) is 0 Å². The highest BCUT2D eigenvalue weighted by molar-refractivity contribution is 5.97. The summed E-state index contributed by atoms with van der Waals surface area (Å²) in [7, 11) is 0. The second-order valence-electron chi connectivity index (χ2n) is 7.27. The minimum Gasteiger partial charge on any atom is -0.349 e. The molecule has 0 bridgehead atoms. The van der Waals surface area contributed by atoms with Crippen molar-refractivity contribution in [2.75, 3.05) is 13.1 Å². The van der Waals surface area contributed by atoms with Crippen molar-refractivity contribution in [1.82, 2.24) is 20.2 Å². The van der Waals surface area contributed by atoms with Gasteiger partial charge in [0.15, 0.2) is 0 Å². The summed E-state index contributed by atoms with van der Waals surface area (Å²) in [6.07, 6.45) is 3.31. The van der Waals surface area contributed by atoms with Crippen LogP contribution in [0.25, 0.3) is 11.0 Å². The highest BCUT2D eigenvalue weighted by Gasteiger charge is 2.56. The largest absolute Gasteiger partial charge is 0.349 e. The maximum absolute atomic E-state index is 12.6. The standard InChI is InChI=1S/C21H20N4O/c26-21(15-6-7-18-19(10-15)23-9-8-22-18)24-20-16-12-25(13-17(16)20)11-14-4-2-1-3-5-14/h1-10,16-17,20H,11-13H2,(H,24,26). The van der Waals surface area contributed by atoms with Crippen LogP contribution in [0, 0.1) is 11.8 Å². The number of hydrogen-bond acceptors (Lipinski definition) is 4. The maximum Gasteiger partial charge on any atom is 0.251 e. The molecule has 1 aliphatic heterocycles. The van der Waals surface area contributed by atoms with Crippen LogP contribution in [-0.2, 0) is 6.54 Å². The summed E-state index contributed by atoms with van der Waals surface area (Å²) >= 11 is 0. The molecule has 5 heteroatoms. The molecule has 2 aromatic carbocycles. The number of aromatic nitrogens is 2. The van der Waals surface area contributed by atoms with Gasteiger partial charge in [-0.3, -0.25) is 19.7 Å². The number of fused-ring (bicyclic) bond motifs is 2. The van der Waals surface area contributed by atoms with Gasteiger partial charge in [-0.05, 0) is 35.6 Å². The van der Waals surface area contributed by atoms with E-state index in [4.69, 9.17) is 0 Å². The van der Waals surface area contributed by atoms with Gasteiger partial charge in [-0.1, -0.05) is 30.3 Å². The van der Waals surface area contributed by atoms with Gasteiger partial charge in [0.25, 0.3) is 5.91 Å². The summed E-state index contributed by atoms with van der Waals surface area (Å²) < 4.78 is 0. The number of amides is 1. The zero-order chi connectivity index (χ0) is 17.5. The molecule has 0 spiro atoms. The summed E-state index contributed by atoms with van der Waals surface area (Å²) in [6, 6.07) is 16.4. The number of carbonyl (C=O) groups excluding carboxylic acids is 1. The van der Waals surface area contributed by atoms with E-state index in [0.29, 0.717) is 23.4 Å². The number of benzene rings is 2. The van der Waals surface area contributed by atoms with Crippen molar-refractivity contribution < 1.29 is 4.79 Å². The van der Waals surface area contributed by atoms with Crippen LogP contribution in [-0.4, -0.2) is 39.9 Å². The fourth-order valence-corrected chi connectivity index (χ4v) is 4.14. The van der Waals surface area contributed by atoms with Crippen molar-refractivity contribution in [3.8, 4) is 0 Å². The molecule has 1 saturated carbocycles. The first-order chi connectivity index (χ1) is 12.8. The fraction of sp³-hybridized carbons (Fsp3) is 0.286. The van der Waals surface area contributed by atoms with Gasteiger partial charge in [-0.15, -0.1) is 0 Å².